The Kier molecular flexibility index (Phi) is 3.32. The van der Waals surface area contributed by atoms with Crippen molar-refractivity contribution in [3.63, 3.8) is 0 Å². The van der Waals surface area contributed by atoms with Gasteiger partial charge in [0.05, 0.1) is 6.20 Å². The van der Waals surface area contributed by atoms with E-state index >= 15 is 0 Å². The Labute approximate surface area is 99.1 Å². The SMILES string of the molecule is CC(=O)N1CCCC1C(=O)Nc1cnccn1. The first-order valence-corrected chi connectivity index (χ1v) is 5.52. The van der Waals surface area contributed by atoms with E-state index in [-0.39, 0.29) is 17.9 Å². The molecule has 0 aromatic carbocycles. The van der Waals surface area contributed by atoms with Gasteiger partial charge in [-0.3, -0.25) is 14.6 Å². The Morgan fingerprint density at radius 1 is 1.47 bits per heavy atom. The molecule has 1 aromatic heterocycles. The fourth-order valence-corrected chi connectivity index (χ4v) is 1.99. The van der Waals surface area contributed by atoms with E-state index < -0.39 is 0 Å². The van der Waals surface area contributed by atoms with Gasteiger partial charge in [-0.2, -0.15) is 0 Å². The lowest BCUT2D eigenvalue weighted by atomic mass is 10.2. The quantitative estimate of drug-likeness (QED) is 0.805. The maximum atomic E-state index is 12.0. The molecule has 1 aliphatic heterocycles. The van der Waals surface area contributed by atoms with Crippen LogP contribution in [0, 0.1) is 0 Å². The molecule has 1 atom stereocenters. The number of rotatable bonds is 2. The zero-order chi connectivity index (χ0) is 12.3. The van der Waals surface area contributed by atoms with E-state index in [0.29, 0.717) is 18.8 Å². The van der Waals surface area contributed by atoms with Crippen molar-refractivity contribution >= 4 is 17.6 Å². The summed E-state index contributed by atoms with van der Waals surface area (Å²) in [4.78, 5) is 32.7. The fraction of sp³-hybridized carbons (Fsp3) is 0.455. The molecule has 1 unspecified atom stereocenters. The molecule has 6 heteroatoms. The minimum atomic E-state index is -0.380. The fourth-order valence-electron chi connectivity index (χ4n) is 1.99. The first-order valence-electron chi connectivity index (χ1n) is 5.52. The van der Waals surface area contributed by atoms with E-state index in [1.165, 1.54) is 25.5 Å². The predicted octanol–water partition coefficient (Wildman–Crippen LogP) is 0.426. The molecule has 1 N–H and O–H groups in total. The molecule has 17 heavy (non-hydrogen) atoms. The van der Waals surface area contributed by atoms with E-state index in [4.69, 9.17) is 0 Å². The van der Waals surface area contributed by atoms with Crippen molar-refractivity contribution in [2.75, 3.05) is 11.9 Å². The lowest BCUT2D eigenvalue weighted by Crippen LogP contribution is -2.42. The number of likely N-dealkylation sites (tertiary alicyclic amines) is 1. The summed E-state index contributed by atoms with van der Waals surface area (Å²) < 4.78 is 0. The molecule has 2 rings (SSSR count). The van der Waals surface area contributed by atoms with E-state index in [2.05, 4.69) is 15.3 Å². The number of nitrogens with one attached hydrogen (secondary N) is 1. The van der Waals surface area contributed by atoms with Gasteiger partial charge in [-0.15, -0.1) is 0 Å². The van der Waals surface area contributed by atoms with E-state index in [1.807, 2.05) is 0 Å². The molecule has 2 amide bonds. The van der Waals surface area contributed by atoms with E-state index in [1.54, 1.807) is 4.90 Å². The number of hydrogen-bond donors (Lipinski definition) is 1. The van der Waals surface area contributed by atoms with Crippen LogP contribution >= 0.6 is 0 Å². The third-order valence-electron chi connectivity index (χ3n) is 2.77. The van der Waals surface area contributed by atoms with Crippen LogP contribution in [-0.2, 0) is 9.59 Å². The smallest absolute Gasteiger partial charge is 0.248 e. The summed E-state index contributed by atoms with van der Waals surface area (Å²) in [5, 5.41) is 2.66. The van der Waals surface area contributed by atoms with Crippen LogP contribution in [0.3, 0.4) is 0 Å². The van der Waals surface area contributed by atoms with Crippen LogP contribution in [0.4, 0.5) is 5.82 Å². The molecule has 1 aliphatic rings. The van der Waals surface area contributed by atoms with Gasteiger partial charge in [0.1, 0.15) is 6.04 Å². The van der Waals surface area contributed by atoms with Gasteiger partial charge < -0.3 is 10.2 Å². The number of carbonyl (C=O) groups is 2. The third kappa shape index (κ3) is 2.58. The Morgan fingerprint density at radius 3 is 2.94 bits per heavy atom. The van der Waals surface area contributed by atoms with Gasteiger partial charge >= 0.3 is 0 Å². The number of nitrogens with zero attached hydrogens (tertiary/aromatic N) is 3. The Bertz CT molecular complexity index is 421. The monoisotopic (exact) mass is 234 g/mol. The zero-order valence-electron chi connectivity index (χ0n) is 9.59. The first-order chi connectivity index (χ1) is 8.18. The van der Waals surface area contributed by atoms with Crippen molar-refractivity contribution in [3.8, 4) is 0 Å². The summed E-state index contributed by atoms with van der Waals surface area (Å²) in [6, 6.07) is -0.380. The normalized spacial score (nSPS) is 19.1. The second-order valence-corrected chi connectivity index (χ2v) is 3.95. The average molecular weight is 234 g/mol. The maximum absolute atomic E-state index is 12.0. The second kappa shape index (κ2) is 4.90. The van der Waals surface area contributed by atoms with Crippen LogP contribution < -0.4 is 5.32 Å². The number of amides is 2. The average Bonchev–Trinajstić information content (AvgIpc) is 2.79. The Morgan fingerprint density at radius 2 is 2.29 bits per heavy atom. The van der Waals surface area contributed by atoms with Gasteiger partial charge in [0.25, 0.3) is 0 Å². The highest BCUT2D eigenvalue weighted by Gasteiger charge is 2.32. The largest absolute Gasteiger partial charge is 0.331 e. The molecule has 2 heterocycles. The standard InChI is InChI=1S/C11H14N4O2/c1-8(16)15-6-2-3-9(15)11(17)14-10-7-12-4-5-13-10/h4-5,7,9H,2-3,6H2,1H3,(H,13,14,17). The summed E-state index contributed by atoms with van der Waals surface area (Å²) in [7, 11) is 0. The molecule has 1 saturated heterocycles. The molecule has 0 saturated carbocycles. The van der Waals surface area contributed by atoms with Crippen LogP contribution in [0.2, 0.25) is 0 Å². The number of anilines is 1. The molecule has 1 aromatic rings. The van der Waals surface area contributed by atoms with Crippen LogP contribution in [0.15, 0.2) is 18.6 Å². The van der Waals surface area contributed by atoms with Gasteiger partial charge in [-0.05, 0) is 12.8 Å². The number of hydrogen-bond acceptors (Lipinski definition) is 4. The molecule has 6 nitrogen and oxygen atoms in total. The highest BCUT2D eigenvalue weighted by Crippen LogP contribution is 2.18. The van der Waals surface area contributed by atoms with Gasteiger partial charge in [-0.1, -0.05) is 0 Å². The lowest BCUT2D eigenvalue weighted by Gasteiger charge is -2.21. The molecular weight excluding hydrogens is 220 g/mol. The van der Waals surface area contributed by atoms with Crippen molar-refractivity contribution in [1.29, 1.82) is 0 Å². The number of aromatic nitrogens is 2. The molecule has 90 valence electrons. The molecule has 1 fully saturated rings. The molecule has 0 aliphatic carbocycles. The van der Waals surface area contributed by atoms with Crippen LogP contribution in [-0.4, -0.2) is 39.3 Å². The van der Waals surface area contributed by atoms with E-state index in [0.717, 1.165) is 6.42 Å². The topological polar surface area (TPSA) is 75.2 Å². The minimum absolute atomic E-state index is 0.0678. The van der Waals surface area contributed by atoms with Crippen molar-refractivity contribution < 1.29 is 9.59 Å². The third-order valence-corrected chi connectivity index (χ3v) is 2.77. The molecule has 0 bridgehead atoms. The summed E-state index contributed by atoms with van der Waals surface area (Å²) in [5.74, 6) is 0.146. The second-order valence-electron chi connectivity index (χ2n) is 3.95. The molecule has 0 spiro atoms. The minimum Gasteiger partial charge on any atom is -0.331 e. The summed E-state index contributed by atoms with van der Waals surface area (Å²) in [5.41, 5.74) is 0. The predicted molar refractivity (Wildman–Crippen MR) is 61.1 cm³/mol. The summed E-state index contributed by atoms with van der Waals surface area (Å²) >= 11 is 0. The highest BCUT2D eigenvalue weighted by molar-refractivity contribution is 5.96. The summed E-state index contributed by atoms with van der Waals surface area (Å²) in [6.45, 7) is 2.13. The van der Waals surface area contributed by atoms with Crippen molar-refractivity contribution in [3.05, 3.63) is 18.6 Å². The Balaban J connectivity index is 2.03. The van der Waals surface area contributed by atoms with Crippen molar-refractivity contribution in [2.45, 2.75) is 25.8 Å². The van der Waals surface area contributed by atoms with Gasteiger partial charge in [-0.25, -0.2) is 4.98 Å². The van der Waals surface area contributed by atoms with Crippen LogP contribution in [0.1, 0.15) is 19.8 Å². The summed E-state index contributed by atoms with van der Waals surface area (Å²) in [6.07, 6.45) is 6.08. The van der Waals surface area contributed by atoms with Gasteiger partial charge in [0.15, 0.2) is 5.82 Å². The van der Waals surface area contributed by atoms with Gasteiger partial charge in [0, 0.05) is 25.9 Å². The molecular formula is C11H14N4O2. The Hall–Kier alpha value is -1.98. The van der Waals surface area contributed by atoms with Gasteiger partial charge in [0.2, 0.25) is 11.8 Å². The highest BCUT2D eigenvalue weighted by atomic mass is 16.2. The molecule has 0 radical (unpaired) electrons. The van der Waals surface area contributed by atoms with Crippen molar-refractivity contribution in [2.24, 2.45) is 0 Å². The van der Waals surface area contributed by atoms with Crippen LogP contribution in [0.25, 0.3) is 0 Å². The number of carbonyl (C=O) groups excluding carboxylic acids is 2. The zero-order valence-corrected chi connectivity index (χ0v) is 9.59. The first kappa shape index (κ1) is 11.5. The lowest BCUT2D eigenvalue weighted by molar-refractivity contribution is -0.134. The maximum Gasteiger partial charge on any atom is 0.248 e. The van der Waals surface area contributed by atoms with Crippen LogP contribution in [0.5, 0.6) is 0 Å². The van der Waals surface area contributed by atoms with Crippen molar-refractivity contribution in [1.82, 2.24) is 14.9 Å². The van der Waals surface area contributed by atoms with E-state index in [9.17, 15) is 9.59 Å².